The van der Waals surface area contributed by atoms with Gasteiger partial charge in [-0.15, -0.1) is 0 Å². The van der Waals surface area contributed by atoms with Gasteiger partial charge >= 0.3 is 0 Å². The Morgan fingerprint density at radius 1 is 1.29 bits per heavy atom. The Labute approximate surface area is 109 Å². The Morgan fingerprint density at radius 3 is 2.94 bits per heavy atom. The summed E-state index contributed by atoms with van der Waals surface area (Å²) in [5.74, 6) is 0. The molecule has 0 aliphatic heterocycles. The highest BCUT2D eigenvalue weighted by Gasteiger charge is 2.25. The third kappa shape index (κ3) is 2.00. The van der Waals surface area contributed by atoms with Gasteiger partial charge in [0.2, 0.25) is 0 Å². The highest BCUT2D eigenvalue weighted by molar-refractivity contribution is 9.10. The van der Waals surface area contributed by atoms with Crippen molar-refractivity contribution in [3.8, 4) is 0 Å². The average molecular weight is 295 g/mol. The van der Waals surface area contributed by atoms with Gasteiger partial charge in [-0.1, -0.05) is 28.8 Å². The van der Waals surface area contributed by atoms with Gasteiger partial charge in [-0.25, -0.2) is 4.98 Å². The fourth-order valence-corrected chi connectivity index (χ4v) is 3.03. The zero-order chi connectivity index (χ0) is 11.8. The van der Waals surface area contributed by atoms with Crippen LogP contribution in [0.15, 0.2) is 29.0 Å². The van der Waals surface area contributed by atoms with Crippen molar-refractivity contribution in [1.29, 1.82) is 0 Å². The molecule has 90 valence electrons. The lowest BCUT2D eigenvalue weighted by molar-refractivity contribution is 0.0773. The maximum absolute atomic E-state index is 10.1. The van der Waals surface area contributed by atoms with Crippen LogP contribution in [0.2, 0.25) is 0 Å². The van der Waals surface area contributed by atoms with Crippen molar-refractivity contribution in [2.45, 2.75) is 37.8 Å². The molecule has 0 saturated heterocycles. The largest absolute Gasteiger partial charge is 0.391 e. The highest BCUT2D eigenvalue weighted by atomic mass is 79.9. The smallest absolute Gasteiger partial charge is 0.0961 e. The number of halogens is 1. The number of hydrogen-bond donors (Lipinski definition) is 1. The van der Waals surface area contributed by atoms with E-state index in [2.05, 4.69) is 31.5 Å². The van der Waals surface area contributed by atoms with Crippen LogP contribution in [0, 0.1) is 0 Å². The SMILES string of the molecule is O[C@@H]1CCCC[C@H]1n1cnc2cc(Br)ccc21. The molecule has 0 unspecified atom stereocenters. The van der Waals surface area contributed by atoms with Gasteiger partial charge < -0.3 is 9.67 Å². The van der Waals surface area contributed by atoms with E-state index in [4.69, 9.17) is 0 Å². The van der Waals surface area contributed by atoms with E-state index in [1.165, 1.54) is 6.42 Å². The third-order valence-electron chi connectivity index (χ3n) is 3.59. The summed E-state index contributed by atoms with van der Waals surface area (Å²) in [6, 6.07) is 6.29. The number of rotatable bonds is 1. The van der Waals surface area contributed by atoms with Crippen molar-refractivity contribution in [3.63, 3.8) is 0 Å². The van der Waals surface area contributed by atoms with E-state index < -0.39 is 0 Å². The molecule has 3 nitrogen and oxygen atoms in total. The molecule has 1 aliphatic carbocycles. The Hall–Kier alpha value is -0.870. The zero-order valence-corrected chi connectivity index (χ0v) is 11.1. The Morgan fingerprint density at radius 2 is 2.12 bits per heavy atom. The number of aliphatic hydroxyl groups is 1. The molecule has 1 saturated carbocycles. The van der Waals surface area contributed by atoms with Gasteiger partial charge in [-0.3, -0.25) is 0 Å². The maximum atomic E-state index is 10.1. The molecular weight excluding hydrogens is 280 g/mol. The molecule has 2 atom stereocenters. The standard InChI is InChI=1S/C13H15BrN2O/c14-9-5-6-11-10(7-9)15-8-16(11)12-3-1-2-4-13(12)17/h5-8,12-13,17H,1-4H2/t12-,13-/m1/s1. The van der Waals surface area contributed by atoms with Gasteiger partial charge in [0.1, 0.15) is 0 Å². The van der Waals surface area contributed by atoms with Crippen LogP contribution in [0.25, 0.3) is 11.0 Å². The lowest BCUT2D eigenvalue weighted by atomic mass is 9.92. The van der Waals surface area contributed by atoms with E-state index in [0.717, 1.165) is 34.8 Å². The number of fused-ring (bicyclic) bond motifs is 1. The molecule has 1 aliphatic rings. The molecule has 4 heteroatoms. The molecule has 17 heavy (non-hydrogen) atoms. The van der Waals surface area contributed by atoms with Crippen LogP contribution in [0.5, 0.6) is 0 Å². The van der Waals surface area contributed by atoms with Crippen molar-refractivity contribution < 1.29 is 5.11 Å². The Bertz CT molecular complexity index is 537. The molecule has 1 fully saturated rings. The van der Waals surface area contributed by atoms with Crippen molar-refractivity contribution >= 4 is 27.0 Å². The second-order valence-corrected chi connectivity index (χ2v) is 5.62. The Balaban J connectivity index is 2.05. The summed E-state index contributed by atoms with van der Waals surface area (Å²) in [5.41, 5.74) is 2.09. The first-order valence-corrected chi connectivity index (χ1v) is 6.85. The minimum Gasteiger partial charge on any atom is -0.391 e. The minimum absolute atomic E-state index is 0.190. The summed E-state index contributed by atoms with van der Waals surface area (Å²) in [6.07, 6.45) is 5.90. The van der Waals surface area contributed by atoms with Crippen molar-refractivity contribution in [3.05, 3.63) is 29.0 Å². The maximum Gasteiger partial charge on any atom is 0.0961 e. The predicted octanol–water partition coefficient (Wildman–Crippen LogP) is 3.27. The second-order valence-electron chi connectivity index (χ2n) is 4.70. The van der Waals surface area contributed by atoms with Crippen molar-refractivity contribution in [2.75, 3.05) is 0 Å². The van der Waals surface area contributed by atoms with Crippen LogP contribution in [-0.4, -0.2) is 20.8 Å². The molecule has 0 bridgehead atoms. The van der Waals surface area contributed by atoms with Crippen LogP contribution in [0.3, 0.4) is 0 Å². The summed E-state index contributed by atoms with van der Waals surface area (Å²) < 4.78 is 3.17. The van der Waals surface area contributed by atoms with E-state index in [1.54, 1.807) is 0 Å². The fourth-order valence-electron chi connectivity index (χ4n) is 2.69. The molecule has 0 radical (unpaired) electrons. The van der Waals surface area contributed by atoms with Gasteiger partial charge in [0.05, 0.1) is 29.5 Å². The van der Waals surface area contributed by atoms with Gasteiger partial charge in [0.25, 0.3) is 0 Å². The van der Waals surface area contributed by atoms with Gasteiger partial charge in [-0.05, 0) is 31.0 Å². The molecule has 1 aromatic carbocycles. The van der Waals surface area contributed by atoms with Crippen LogP contribution >= 0.6 is 15.9 Å². The van der Waals surface area contributed by atoms with Crippen molar-refractivity contribution in [2.24, 2.45) is 0 Å². The number of nitrogens with zero attached hydrogens (tertiary/aromatic N) is 2. The summed E-state index contributed by atoms with van der Waals surface area (Å²) in [5, 5.41) is 10.1. The first-order chi connectivity index (χ1) is 8.25. The van der Waals surface area contributed by atoms with Gasteiger partial charge in [-0.2, -0.15) is 0 Å². The first kappa shape index (κ1) is 11.2. The normalized spacial score (nSPS) is 25.3. The van der Waals surface area contributed by atoms with Crippen LogP contribution in [0.4, 0.5) is 0 Å². The van der Waals surface area contributed by atoms with Crippen molar-refractivity contribution in [1.82, 2.24) is 9.55 Å². The fraction of sp³-hybridized carbons (Fsp3) is 0.462. The third-order valence-corrected chi connectivity index (χ3v) is 4.08. The van der Waals surface area contributed by atoms with Crippen LogP contribution in [0.1, 0.15) is 31.7 Å². The predicted molar refractivity (Wildman–Crippen MR) is 70.9 cm³/mol. The quantitative estimate of drug-likeness (QED) is 0.876. The molecule has 1 aromatic heterocycles. The first-order valence-electron chi connectivity index (χ1n) is 6.06. The number of imidazole rings is 1. The molecule has 2 aromatic rings. The molecule has 0 amide bonds. The van der Waals surface area contributed by atoms with Gasteiger partial charge in [0, 0.05) is 4.47 Å². The van der Waals surface area contributed by atoms with E-state index in [1.807, 2.05) is 18.5 Å². The van der Waals surface area contributed by atoms with E-state index in [0.29, 0.717) is 0 Å². The lowest BCUT2D eigenvalue weighted by Gasteiger charge is -2.29. The Kier molecular flexibility index (Phi) is 2.92. The molecule has 3 rings (SSSR count). The second kappa shape index (κ2) is 4.42. The van der Waals surface area contributed by atoms with Crippen LogP contribution < -0.4 is 0 Å². The summed E-state index contributed by atoms with van der Waals surface area (Å²) >= 11 is 3.45. The molecule has 1 heterocycles. The number of aromatic nitrogens is 2. The monoisotopic (exact) mass is 294 g/mol. The van der Waals surface area contributed by atoms with Gasteiger partial charge in [0.15, 0.2) is 0 Å². The van der Waals surface area contributed by atoms with E-state index in [9.17, 15) is 5.11 Å². The number of benzene rings is 1. The molecular formula is C13H15BrN2O. The lowest BCUT2D eigenvalue weighted by Crippen LogP contribution is -2.27. The minimum atomic E-state index is -0.232. The van der Waals surface area contributed by atoms with E-state index >= 15 is 0 Å². The molecule has 1 N–H and O–H groups in total. The summed E-state index contributed by atoms with van der Waals surface area (Å²) in [4.78, 5) is 4.41. The number of aliphatic hydroxyl groups excluding tert-OH is 1. The summed E-state index contributed by atoms with van der Waals surface area (Å²) in [6.45, 7) is 0. The molecule has 0 spiro atoms. The highest BCUT2D eigenvalue weighted by Crippen LogP contribution is 2.31. The average Bonchev–Trinajstić information content (AvgIpc) is 2.72. The summed E-state index contributed by atoms with van der Waals surface area (Å²) in [7, 11) is 0. The van der Waals surface area contributed by atoms with Crippen LogP contribution in [-0.2, 0) is 0 Å². The van der Waals surface area contributed by atoms with E-state index in [-0.39, 0.29) is 12.1 Å². The number of hydrogen-bond acceptors (Lipinski definition) is 2. The topological polar surface area (TPSA) is 38.0 Å². The zero-order valence-electron chi connectivity index (χ0n) is 9.51.